The summed E-state index contributed by atoms with van der Waals surface area (Å²) >= 11 is -0.226. The first-order chi connectivity index (χ1) is 18.6. The number of fused-ring (bicyclic) bond motifs is 6. The fourth-order valence-corrected chi connectivity index (χ4v) is 4.77. The minimum atomic E-state index is -0.226. The Bertz CT molecular complexity index is 1590. The van der Waals surface area contributed by atoms with E-state index in [1.54, 1.807) is 0 Å². The fraction of sp³-hybridized carbons (Fsp3) is 0.250. The van der Waals surface area contributed by atoms with Gasteiger partial charge in [0.15, 0.2) is 0 Å². The van der Waals surface area contributed by atoms with Crippen LogP contribution in [0.2, 0.25) is 0 Å². The molecule has 0 N–H and O–H groups in total. The summed E-state index contributed by atoms with van der Waals surface area (Å²) < 4.78 is 0. The van der Waals surface area contributed by atoms with Gasteiger partial charge in [-0.25, -0.2) is 0 Å². The number of pyridine rings is 4. The molecule has 0 saturated heterocycles. The summed E-state index contributed by atoms with van der Waals surface area (Å²) in [5, 5.41) is 4.83. The molecule has 4 nitrogen and oxygen atoms in total. The molecule has 0 unspecified atom stereocenters. The predicted molar refractivity (Wildman–Crippen MR) is 164 cm³/mol. The van der Waals surface area contributed by atoms with Crippen LogP contribution in [0.3, 0.4) is 0 Å². The topological polar surface area (TPSA) is 51.6 Å². The molecule has 0 aliphatic heterocycles. The van der Waals surface area contributed by atoms with Crippen LogP contribution in [0.25, 0.3) is 43.6 Å². The van der Waals surface area contributed by atoms with Gasteiger partial charge in [-0.3, -0.25) is 19.9 Å². The number of rotatable bonds is 0. The average Bonchev–Trinajstić information content (AvgIpc) is 2.93. The molecule has 4 heterocycles. The van der Waals surface area contributed by atoms with Gasteiger partial charge in [0, 0.05) is 46.3 Å². The zero-order valence-electron chi connectivity index (χ0n) is 23.9. The Kier molecular flexibility index (Phi) is 10.8. The van der Waals surface area contributed by atoms with Crippen molar-refractivity contribution in [2.24, 2.45) is 0 Å². The monoisotopic (exact) mass is 680 g/mol. The van der Waals surface area contributed by atoms with Gasteiger partial charge < -0.3 is 12.4 Å². The Hall–Kier alpha value is -2.43. The molecule has 8 heteroatoms. The van der Waals surface area contributed by atoms with E-state index in [0.717, 1.165) is 22.1 Å². The van der Waals surface area contributed by atoms with Crippen LogP contribution in [0, 0.1) is 55.4 Å². The van der Waals surface area contributed by atoms with Crippen molar-refractivity contribution in [3.8, 4) is 0 Å². The molecule has 210 valence electrons. The molecule has 0 amide bonds. The number of nitrogens with zero attached hydrogens (tertiary/aromatic N) is 4. The summed E-state index contributed by atoms with van der Waals surface area (Å²) in [7, 11) is 9.67. The molecule has 0 spiro atoms. The van der Waals surface area contributed by atoms with E-state index in [4.69, 9.17) is 19.4 Å². The molecule has 4 aromatic heterocycles. The van der Waals surface area contributed by atoms with Crippen LogP contribution >= 0.6 is 19.4 Å². The number of hydrogen-bond donors (Lipinski definition) is 0. The van der Waals surface area contributed by atoms with Crippen LogP contribution in [0.1, 0.15) is 44.5 Å². The number of hydrogen-bond acceptors (Lipinski definition) is 4. The summed E-state index contributed by atoms with van der Waals surface area (Å²) in [5.41, 5.74) is 14.1. The quantitative estimate of drug-likeness (QED) is 0.137. The van der Waals surface area contributed by atoms with Crippen molar-refractivity contribution in [2.45, 2.75) is 55.4 Å². The second kappa shape index (κ2) is 13.5. The molecule has 6 rings (SSSR count). The Labute approximate surface area is 258 Å². The van der Waals surface area contributed by atoms with Gasteiger partial charge in [-0.15, -0.1) is 0 Å². The number of aryl methyl sites for hydroxylation is 8. The van der Waals surface area contributed by atoms with Gasteiger partial charge >= 0.3 is 34.5 Å². The van der Waals surface area contributed by atoms with E-state index in [0.29, 0.717) is 0 Å². The van der Waals surface area contributed by atoms with Gasteiger partial charge in [-0.2, -0.15) is 0 Å². The summed E-state index contributed by atoms with van der Waals surface area (Å²) in [5.74, 6) is 0. The Morgan fingerprint density at radius 1 is 0.425 bits per heavy atom. The van der Waals surface area contributed by atoms with Gasteiger partial charge in [-0.1, -0.05) is 24.3 Å². The van der Waals surface area contributed by atoms with E-state index >= 15 is 0 Å². The van der Waals surface area contributed by atoms with Crippen molar-refractivity contribution in [3.63, 3.8) is 0 Å². The predicted octanol–water partition coefficient (Wildman–Crippen LogP) is 6.41. The summed E-state index contributed by atoms with van der Waals surface area (Å²) in [6.07, 6.45) is 7.75. The van der Waals surface area contributed by atoms with E-state index in [2.05, 4.69) is 99.6 Å². The molecule has 2 aromatic carbocycles. The van der Waals surface area contributed by atoms with Gasteiger partial charge in [-0.05, 0) is 99.9 Å². The van der Waals surface area contributed by atoms with E-state index < -0.39 is 0 Å². The molecule has 0 radical (unpaired) electrons. The third-order valence-corrected chi connectivity index (χ3v) is 7.83. The second-order valence-corrected chi connectivity index (χ2v) is 12.5. The van der Waals surface area contributed by atoms with E-state index in [9.17, 15) is 0 Å². The SMILES string of the molecule is Cc1cnc2c(ccc3c(C)c(C)cnc32)c1C.Cc1cnc2c(ccc3c(C)c(C)cnc32)c1C.[Cl-].[Cl][Rh+][Cl]. The molecule has 0 aliphatic rings. The fourth-order valence-electron chi connectivity index (χ4n) is 4.77. The Balaban J connectivity index is 0.000000197. The zero-order valence-corrected chi connectivity index (χ0v) is 27.8. The van der Waals surface area contributed by atoms with Crippen LogP contribution < -0.4 is 12.4 Å². The maximum atomic E-state index is 4.83. The number of aromatic nitrogens is 4. The molecule has 40 heavy (non-hydrogen) atoms. The second-order valence-electron chi connectivity index (χ2n) is 10.0. The molecular weight excluding hydrogens is 650 g/mol. The molecule has 0 atom stereocenters. The molecule has 6 aromatic rings. The molecule has 0 fully saturated rings. The van der Waals surface area contributed by atoms with Crippen molar-refractivity contribution in [1.82, 2.24) is 19.9 Å². The summed E-state index contributed by atoms with van der Waals surface area (Å²) in [6, 6.07) is 8.67. The third kappa shape index (κ3) is 6.09. The van der Waals surface area contributed by atoms with Gasteiger partial charge in [0.1, 0.15) is 0 Å². The van der Waals surface area contributed by atoms with Crippen LogP contribution in [0.5, 0.6) is 0 Å². The normalized spacial score (nSPS) is 10.8. The van der Waals surface area contributed by atoms with Gasteiger partial charge in [0.25, 0.3) is 0 Å². The first kappa shape index (κ1) is 32.1. The number of halogens is 3. The molecule has 0 aliphatic carbocycles. The first-order valence-corrected chi connectivity index (χ1v) is 16.9. The Morgan fingerprint density at radius 3 is 0.775 bits per heavy atom. The van der Waals surface area contributed by atoms with Crippen LogP contribution in [0.15, 0.2) is 49.1 Å². The number of benzene rings is 2. The van der Waals surface area contributed by atoms with E-state index in [1.165, 1.54) is 66.1 Å². The summed E-state index contributed by atoms with van der Waals surface area (Å²) in [4.78, 5) is 18.3. The van der Waals surface area contributed by atoms with E-state index in [1.807, 2.05) is 24.8 Å². The standard InChI is InChI=1S/2C16H16N2.3ClH.Rh/c2*1-9-7-17-15-13(11(9)3)5-6-14-12(4)10(2)8-18-16(14)15;;;;/h2*5-8H,1-4H3;3*1H;/q;;;;;+3/p-3. The van der Waals surface area contributed by atoms with Crippen molar-refractivity contribution >= 4 is 63.0 Å². The van der Waals surface area contributed by atoms with Crippen molar-refractivity contribution in [2.75, 3.05) is 0 Å². The third-order valence-electron chi connectivity index (χ3n) is 7.83. The Morgan fingerprint density at radius 2 is 0.600 bits per heavy atom. The van der Waals surface area contributed by atoms with Crippen molar-refractivity contribution < 1.29 is 27.6 Å². The molecule has 0 bridgehead atoms. The van der Waals surface area contributed by atoms with Gasteiger partial charge in [0.2, 0.25) is 0 Å². The molecule has 0 saturated carbocycles. The average molecular weight is 682 g/mol. The van der Waals surface area contributed by atoms with Crippen LogP contribution in [-0.4, -0.2) is 19.9 Å². The van der Waals surface area contributed by atoms with E-state index in [-0.39, 0.29) is 27.6 Å². The van der Waals surface area contributed by atoms with Crippen molar-refractivity contribution in [3.05, 3.63) is 93.6 Å². The minimum absolute atomic E-state index is 0. The zero-order chi connectivity index (χ0) is 28.4. The van der Waals surface area contributed by atoms with Crippen LogP contribution in [0.4, 0.5) is 0 Å². The van der Waals surface area contributed by atoms with Gasteiger partial charge in [0.05, 0.1) is 22.1 Å². The van der Waals surface area contributed by atoms with Crippen molar-refractivity contribution in [1.29, 1.82) is 0 Å². The maximum absolute atomic E-state index is 4.83. The summed E-state index contributed by atoms with van der Waals surface area (Å²) in [6.45, 7) is 17.0. The molecular formula is C32H32Cl3N4Rh. The first-order valence-electron chi connectivity index (χ1n) is 12.7. The van der Waals surface area contributed by atoms with Crippen LogP contribution in [-0.2, 0) is 15.1 Å².